The second-order valence-corrected chi connectivity index (χ2v) is 5.43. The molecular formula is C13H21F2IN4O2S. The van der Waals surface area contributed by atoms with Crippen LogP contribution in [0, 0.1) is 6.92 Å². The van der Waals surface area contributed by atoms with E-state index in [4.69, 9.17) is 4.74 Å². The first kappa shape index (κ1) is 22.0. The van der Waals surface area contributed by atoms with Crippen LogP contribution in [0.15, 0.2) is 4.99 Å². The fourth-order valence-electron chi connectivity index (χ4n) is 1.62. The molecule has 132 valence electrons. The number of rotatable bonds is 6. The molecule has 0 aliphatic heterocycles. The quantitative estimate of drug-likeness (QED) is 0.295. The van der Waals surface area contributed by atoms with Crippen molar-refractivity contribution in [2.45, 2.75) is 33.2 Å². The largest absolute Gasteiger partial charge is 0.462 e. The highest BCUT2D eigenvalue weighted by molar-refractivity contribution is 14.0. The number of alkyl halides is 2. The van der Waals surface area contributed by atoms with E-state index in [1.54, 1.807) is 13.8 Å². The molecule has 0 bridgehead atoms. The first-order chi connectivity index (χ1) is 10.4. The molecule has 0 aliphatic carbocycles. The summed E-state index contributed by atoms with van der Waals surface area (Å²) >= 11 is 1.21. The van der Waals surface area contributed by atoms with E-state index < -0.39 is 18.9 Å². The number of nitrogens with one attached hydrogen (secondary N) is 2. The summed E-state index contributed by atoms with van der Waals surface area (Å²) in [7, 11) is 1.49. The van der Waals surface area contributed by atoms with E-state index >= 15 is 0 Å². The number of carbonyl (C=O) groups excluding carboxylic acids is 1. The lowest BCUT2D eigenvalue weighted by molar-refractivity contribution is 0.0531. The molecule has 1 rings (SSSR count). The van der Waals surface area contributed by atoms with Crippen LogP contribution < -0.4 is 10.6 Å². The SMILES string of the molecule is CCOC(=O)c1sc(C(C)NC(=NC)NCC(F)F)nc1C.I. The van der Waals surface area contributed by atoms with Crippen LogP contribution in [0.3, 0.4) is 0 Å². The highest BCUT2D eigenvalue weighted by Gasteiger charge is 2.20. The van der Waals surface area contributed by atoms with Gasteiger partial charge in [-0.05, 0) is 20.8 Å². The van der Waals surface area contributed by atoms with E-state index in [9.17, 15) is 13.6 Å². The first-order valence-corrected chi connectivity index (χ1v) is 7.60. The van der Waals surface area contributed by atoms with Crippen LogP contribution in [0.4, 0.5) is 8.78 Å². The number of halogens is 3. The van der Waals surface area contributed by atoms with Crippen LogP contribution in [0.5, 0.6) is 0 Å². The topological polar surface area (TPSA) is 75.6 Å². The number of aryl methyl sites for hydroxylation is 1. The van der Waals surface area contributed by atoms with E-state index in [0.717, 1.165) is 0 Å². The number of nitrogens with zero attached hydrogens (tertiary/aromatic N) is 2. The first-order valence-electron chi connectivity index (χ1n) is 6.78. The summed E-state index contributed by atoms with van der Waals surface area (Å²) in [6.45, 7) is 5.07. The van der Waals surface area contributed by atoms with Gasteiger partial charge in [-0.1, -0.05) is 0 Å². The maximum atomic E-state index is 12.2. The van der Waals surface area contributed by atoms with Crippen LogP contribution in [-0.4, -0.2) is 43.5 Å². The van der Waals surface area contributed by atoms with Crippen molar-refractivity contribution in [3.8, 4) is 0 Å². The third-order valence-corrected chi connectivity index (χ3v) is 3.97. The van der Waals surface area contributed by atoms with Gasteiger partial charge >= 0.3 is 5.97 Å². The molecule has 0 aromatic carbocycles. The van der Waals surface area contributed by atoms with Gasteiger partial charge in [0, 0.05) is 7.05 Å². The molecule has 2 N–H and O–H groups in total. The summed E-state index contributed by atoms with van der Waals surface area (Å²) < 4.78 is 29.4. The Morgan fingerprint density at radius 2 is 2.13 bits per heavy atom. The minimum Gasteiger partial charge on any atom is -0.462 e. The molecule has 6 nitrogen and oxygen atoms in total. The lowest BCUT2D eigenvalue weighted by Crippen LogP contribution is -2.40. The van der Waals surface area contributed by atoms with Gasteiger partial charge in [-0.2, -0.15) is 0 Å². The molecule has 1 unspecified atom stereocenters. The lowest BCUT2D eigenvalue weighted by Gasteiger charge is -2.15. The Bertz CT molecular complexity index is 540. The Labute approximate surface area is 155 Å². The van der Waals surface area contributed by atoms with Crippen molar-refractivity contribution in [1.29, 1.82) is 0 Å². The average Bonchev–Trinajstić information content (AvgIpc) is 2.85. The summed E-state index contributed by atoms with van der Waals surface area (Å²) in [5.41, 5.74) is 0.586. The molecule has 0 amide bonds. The maximum absolute atomic E-state index is 12.2. The molecule has 1 atom stereocenters. The van der Waals surface area contributed by atoms with Crippen molar-refractivity contribution in [2.75, 3.05) is 20.2 Å². The Hall–Kier alpha value is -1.04. The molecule has 1 heterocycles. The normalized spacial score (nSPS) is 12.6. The smallest absolute Gasteiger partial charge is 0.350 e. The minimum atomic E-state index is -2.47. The van der Waals surface area contributed by atoms with Gasteiger partial charge in [0.1, 0.15) is 9.88 Å². The predicted molar refractivity (Wildman–Crippen MR) is 97.1 cm³/mol. The summed E-state index contributed by atoms with van der Waals surface area (Å²) in [6.07, 6.45) is -2.47. The van der Waals surface area contributed by atoms with Gasteiger partial charge in [0.15, 0.2) is 5.96 Å². The van der Waals surface area contributed by atoms with Gasteiger partial charge in [0.2, 0.25) is 0 Å². The zero-order valence-electron chi connectivity index (χ0n) is 13.4. The number of aromatic nitrogens is 1. The lowest BCUT2D eigenvalue weighted by atomic mass is 10.3. The summed E-state index contributed by atoms with van der Waals surface area (Å²) in [6, 6.07) is -0.282. The van der Waals surface area contributed by atoms with Gasteiger partial charge in [-0.3, -0.25) is 4.99 Å². The zero-order valence-corrected chi connectivity index (χ0v) is 16.5. The number of esters is 1. The number of aliphatic imine (C=N–C) groups is 1. The number of carbonyl (C=O) groups is 1. The van der Waals surface area contributed by atoms with Crippen LogP contribution in [-0.2, 0) is 4.74 Å². The highest BCUT2D eigenvalue weighted by atomic mass is 127. The fourth-order valence-corrected chi connectivity index (χ4v) is 2.59. The van der Waals surface area contributed by atoms with E-state index in [0.29, 0.717) is 22.2 Å². The van der Waals surface area contributed by atoms with Gasteiger partial charge in [0.25, 0.3) is 6.43 Å². The van der Waals surface area contributed by atoms with Crippen LogP contribution in [0.1, 0.15) is 40.3 Å². The number of ether oxygens (including phenoxy) is 1. The standard InChI is InChI=1S/C13H20F2N4O2S.HI/c1-5-21-12(20)10-7(2)18-11(22-10)8(3)19-13(16-4)17-6-9(14)15;/h8-9H,5-6H2,1-4H3,(H2,16,17,19);1H. The number of hydrogen-bond acceptors (Lipinski definition) is 5. The molecule has 0 radical (unpaired) electrons. The molecule has 10 heteroatoms. The van der Waals surface area contributed by atoms with E-state index in [1.165, 1.54) is 18.4 Å². The van der Waals surface area contributed by atoms with Crippen LogP contribution in [0.2, 0.25) is 0 Å². The van der Waals surface area contributed by atoms with Crippen molar-refractivity contribution < 1.29 is 18.3 Å². The van der Waals surface area contributed by atoms with Gasteiger partial charge in [-0.15, -0.1) is 35.3 Å². The second kappa shape index (κ2) is 10.7. The third-order valence-electron chi connectivity index (χ3n) is 2.65. The predicted octanol–water partition coefficient (Wildman–Crippen LogP) is 2.74. The second-order valence-electron chi connectivity index (χ2n) is 4.40. The molecule has 0 spiro atoms. The summed E-state index contributed by atoms with van der Waals surface area (Å²) in [5.74, 6) is -0.158. The Kier molecular flexibility index (Phi) is 10.2. The molecule has 0 aliphatic rings. The molecule has 0 fully saturated rings. The summed E-state index contributed by atoms with van der Waals surface area (Å²) in [5, 5.41) is 6.11. The monoisotopic (exact) mass is 462 g/mol. The molecule has 1 aromatic heterocycles. The Balaban J connectivity index is 0.00000484. The molecule has 0 saturated heterocycles. The van der Waals surface area contributed by atoms with Crippen molar-refractivity contribution in [3.05, 3.63) is 15.6 Å². The van der Waals surface area contributed by atoms with Crippen molar-refractivity contribution >= 4 is 47.2 Å². The molecule has 0 saturated carbocycles. The Morgan fingerprint density at radius 3 is 2.65 bits per heavy atom. The third kappa shape index (κ3) is 6.94. The molecular weight excluding hydrogens is 441 g/mol. The van der Waals surface area contributed by atoms with E-state index in [1.807, 2.05) is 6.92 Å². The molecule has 1 aromatic rings. The maximum Gasteiger partial charge on any atom is 0.350 e. The summed E-state index contributed by atoms with van der Waals surface area (Å²) in [4.78, 5) is 20.4. The Morgan fingerprint density at radius 1 is 1.48 bits per heavy atom. The zero-order chi connectivity index (χ0) is 16.7. The number of guanidine groups is 1. The van der Waals surface area contributed by atoms with Gasteiger partial charge in [0.05, 0.1) is 24.9 Å². The molecule has 23 heavy (non-hydrogen) atoms. The van der Waals surface area contributed by atoms with Crippen molar-refractivity contribution in [2.24, 2.45) is 4.99 Å². The van der Waals surface area contributed by atoms with Gasteiger partial charge < -0.3 is 15.4 Å². The van der Waals surface area contributed by atoms with Crippen LogP contribution >= 0.6 is 35.3 Å². The van der Waals surface area contributed by atoms with E-state index in [2.05, 4.69) is 20.6 Å². The van der Waals surface area contributed by atoms with E-state index in [-0.39, 0.29) is 36.0 Å². The fraction of sp³-hybridized carbons (Fsp3) is 0.615. The average molecular weight is 462 g/mol. The van der Waals surface area contributed by atoms with Gasteiger partial charge in [-0.25, -0.2) is 18.6 Å². The van der Waals surface area contributed by atoms with Crippen LogP contribution in [0.25, 0.3) is 0 Å². The van der Waals surface area contributed by atoms with Crippen molar-refractivity contribution in [1.82, 2.24) is 15.6 Å². The highest BCUT2D eigenvalue weighted by Crippen LogP contribution is 2.24. The number of hydrogen-bond donors (Lipinski definition) is 2. The van der Waals surface area contributed by atoms with Crippen molar-refractivity contribution in [3.63, 3.8) is 0 Å². The minimum absolute atomic E-state index is 0. The number of thiazole rings is 1.